The van der Waals surface area contributed by atoms with Crippen molar-refractivity contribution in [2.24, 2.45) is 10.7 Å². The second kappa shape index (κ2) is 5.69. The third-order valence-corrected chi connectivity index (χ3v) is 2.45. The molecule has 2 N–H and O–H groups in total. The van der Waals surface area contributed by atoms with E-state index >= 15 is 0 Å². The number of nitrogens with zero attached hydrogens (tertiary/aromatic N) is 1. The van der Waals surface area contributed by atoms with Gasteiger partial charge in [0.25, 0.3) is 0 Å². The van der Waals surface area contributed by atoms with Crippen LogP contribution in [0.3, 0.4) is 0 Å². The zero-order valence-corrected chi connectivity index (χ0v) is 9.13. The first-order valence-electron chi connectivity index (χ1n) is 2.66. The van der Waals surface area contributed by atoms with Gasteiger partial charge < -0.3 is 5.73 Å². The molecule has 0 aromatic rings. The van der Waals surface area contributed by atoms with Gasteiger partial charge in [0.05, 0.1) is 4.48 Å². The fourth-order valence-corrected chi connectivity index (χ4v) is 1.55. The van der Waals surface area contributed by atoms with Gasteiger partial charge in [0.15, 0.2) is 0 Å². The Kier molecular flexibility index (Phi) is 5.72. The molecule has 11 heavy (non-hydrogen) atoms. The molecule has 0 rings (SSSR count). The van der Waals surface area contributed by atoms with Crippen molar-refractivity contribution in [1.82, 2.24) is 0 Å². The molecule has 0 aliphatic rings. The minimum absolute atomic E-state index is 0.244. The maximum atomic E-state index is 5.47. The minimum Gasteiger partial charge on any atom is -0.404 e. The van der Waals surface area contributed by atoms with Crippen LogP contribution in [-0.2, 0) is 0 Å². The molecule has 0 atom stereocenters. The molecule has 0 spiro atoms. The Bertz CT molecular complexity index is 213. The molecule has 2 nitrogen and oxygen atoms in total. The average Bonchev–Trinajstić information content (AvgIpc) is 1.98. The van der Waals surface area contributed by atoms with Gasteiger partial charge in [0.2, 0.25) is 0 Å². The molecule has 0 aromatic heterocycles. The summed E-state index contributed by atoms with van der Waals surface area (Å²) in [6.07, 6.45) is 3.29. The summed E-state index contributed by atoms with van der Waals surface area (Å²) in [7, 11) is 0. The molecule has 5 heteroatoms. The Balaban J connectivity index is 4.53. The predicted molar refractivity (Wildman–Crippen MR) is 57.1 cm³/mol. The Morgan fingerprint density at radius 2 is 2.36 bits per heavy atom. The molecule has 0 bridgehead atoms. The van der Waals surface area contributed by atoms with Crippen molar-refractivity contribution in [3.8, 4) is 0 Å². The van der Waals surface area contributed by atoms with Crippen LogP contribution in [0.4, 0.5) is 0 Å². The van der Waals surface area contributed by atoms with Gasteiger partial charge in [-0.1, -0.05) is 18.2 Å². The van der Waals surface area contributed by atoms with Gasteiger partial charge in [-0.3, -0.25) is 0 Å². The lowest BCUT2D eigenvalue weighted by Gasteiger charge is -1.98. The lowest BCUT2D eigenvalue weighted by atomic mass is 10.6. The molecule has 0 amide bonds. The van der Waals surface area contributed by atoms with Crippen molar-refractivity contribution < 1.29 is 0 Å². The smallest absolute Gasteiger partial charge is 0.123 e. The maximum Gasteiger partial charge on any atom is 0.123 e. The van der Waals surface area contributed by atoms with Crippen LogP contribution in [0.15, 0.2) is 27.4 Å². The fourth-order valence-electron chi connectivity index (χ4n) is 0.378. The number of hydrogen-bond acceptors (Lipinski definition) is 3. The van der Waals surface area contributed by atoms with E-state index in [1.165, 1.54) is 18.0 Å². The topological polar surface area (TPSA) is 38.4 Å². The van der Waals surface area contributed by atoms with Crippen molar-refractivity contribution in [2.75, 3.05) is 6.26 Å². The highest BCUT2D eigenvalue weighted by molar-refractivity contribution is 9.12. The van der Waals surface area contributed by atoms with Gasteiger partial charge in [0.1, 0.15) is 10.2 Å². The van der Waals surface area contributed by atoms with E-state index in [1.54, 1.807) is 0 Å². The van der Waals surface area contributed by atoms with Crippen LogP contribution in [0, 0.1) is 0 Å². The van der Waals surface area contributed by atoms with E-state index < -0.39 is 0 Å². The van der Waals surface area contributed by atoms with E-state index in [0.29, 0.717) is 9.53 Å². The molecular weight excluding hydrogens is 248 g/mol. The molecule has 0 aliphatic carbocycles. The Labute approximate surface area is 83.7 Å². The predicted octanol–water partition coefficient (Wildman–Crippen LogP) is 2.65. The standard InChI is InChI=1S/C6H8BrClN2S/c1-4(8)10-6(11-2)5(7)3-9/h3H,1,9H2,2H3/b5-3+,10-6?. The van der Waals surface area contributed by atoms with Crippen molar-refractivity contribution in [2.45, 2.75) is 0 Å². The molecular formula is C6H8BrClN2S. The van der Waals surface area contributed by atoms with Crippen molar-refractivity contribution >= 4 is 44.3 Å². The summed E-state index contributed by atoms with van der Waals surface area (Å²) in [5.41, 5.74) is 5.25. The Morgan fingerprint density at radius 3 is 2.64 bits per heavy atom. The molecule has 0 radical (unpaired) electrons. The van der Waals surface area contributed by atoms with E-state index in [2.05, 4.69) is 27.5 Å². The van der Waals surface area contributed by atoms with E-state index in [4.69, 9.17) is 17.3 Å². The summed E-state index contributed by atoms with van der Waals surface area (Å²) in [5, 5.41) is 0.959. The first-order valence-corrected chi connectivity index (χ1v) is 5.06. The average molecular weight is 256 g/mol. The summed E-state index contributed by atoms with van der Waals surface area (Å²) >= 11 is 10.1. The van der Waals surface area contributed by atoms with Gasteiger partial charge in [-0.2, -0.15) is 0 Å². The molecule has 0 aliphatic heterocycles. The summed E-state index contributed by atoms with van der Waals surface area (Å²) in [6.45, 7) is 3.44. The van der Waals surface area contributed by atoms with Crippen LogP contribution in [0.25, 0.3) is 0 Å². The molecule has 0 unspecified atom stereocenters. The van der Waals surface area contributed by atoms with Crippen LogP contribution < -0.4 is 5.73 Å². The third-order valence-electron chi connectivity index (χ3n) is 0.767. The van der Waals surface area contributed by atoms with Gasteiger partial charge in [-0.15, -0.1) is 11.8 Å². The highest BCUT2D eigenvalue weighted by Crippen LogP contribution is 2.17. The molecule has 0 aromatic carbocycles. The zero-order chi connectivity index (χ0) is 8.85. The maximum absolute atomic E-state index is 5.47. The van der Waals surface area contributed by atoms with Gasteiger partial charge in [-0.05, 0) is 22.2 Å². The first kappa shape index (κ1) is 11.1. The third kappa shape index (κ3) is 4.50. The lowest BCUT2D eigenvalue weighted by molar-refractivity contribution is 1.54. The molecule has 0 saturated carbocycles. The van der Waals surface area contributed by atoms with E-state index in [9.17, 15) is 0 Å². The molecule has 0 fully saturated rings. The molecule has 62 valence electrons. The first-order chi connectivity index (χ1) is 5.11. The fraction of sp³-hybridized carbons (Fsp3) is 0.167. The van der Waals surface area contributed by atoms with Gasteiger partial charge in [0, 0.05) is 6.20 Å². The summed E-state index contributed by atoms with van der Waals surface area (Å²) < 4.78 is 0.715. The normalized spacial score (nSPS) is 13.4. The molecule has 0 saturated heterocycles. The van der Waals surface area contributed by atoms with Gasteiger partial charge in [-0.25, -0.2) is 4.99 Å². The Hall–Kier alpha value is 0.0700. The number of halogens is 2. The number of nitrogens with two attached hydrogens (primary N) is 1. The van der Waals surface area contributed by atoms with E-state index in [-0.39, 0.29) is 5.16 Å². The lowest BCUT2D eigenvalue weighted by Crippen LogP contribution is -1.93. The number of thioether (sulfide) groups is 1. The van der Waals surface area contributed by atoms with Crippen LogP contribution in [0.1, 0.15) is 0 Å². The minimum atomic E-state index is 0.244. The highest BCUT2D eigenvalue weighted by atomic mass is 79.9. The van der Waals surface area contributed by atoms with Crippen molar-refractivity contribution in [3.05, 3.63) is 22.4 Å². The summed E-state index contributed by atoms with van der Waals surface area (Å²) in [4.78, 5) is 3.92. The van der Waals surface area contributed by atoms with Gasteiger partial charge >= 0.3 is 0 Å². The largest absolute Gasteiger partial charge is 0.404 e. The Morgan fingerprint density at radius 1 is 1.82 bits per heavy atom. The number of aliphatic imine (C=N–C) groups is 1. The monoisotopic (exact) mass is 254 g/mol. The van der Waals surface area contributed by atoms with Crippen LogP contribution >= 0.6 is 39.3 Å². The number of hydrogen-bond donors (Lipinski definition) is 1. The SMILES string of the molecule is C=C(Cl)N=C(SC)/C(Br)=C\N. The van der Waals surface area contributed by atoms with Crippen LogP contribution in [-0.4, -0.2) is 11.3 Å². The zero-order valence-electron chi connectivity index (χ0n) is 5.97. The highest BCUT2D eigenvalue weighted by Gasteiger charge is 2.00. The van der Waals surface area contributed by atoms with Crippen molar-refractivity contribution in [1.29, 1.82) is 0 Å². The van der Waals surface area contributed by atoms with Crippen LogP contribution in [0.5, 0.6) is 0 Å². The molecule has 0 heterocycles. The quantitative estimate of drug-likeness (QED) is 0.468. The van der Waals surface area contributed by atoms with Crippen molar-refractivity contribution in [3.63, 3.8) is 0 Å². The van der Waals surface area contributed by atoms with E-state index in [1.807, 2.05) is 6.26 Å². The van der Waals surface area contributed by atoms with Crippen LogP contribution in [0.2, 0.25) is 0 Å². The summed E-state index contributed by atoms with van der Waals surface area (Å²) in [6, 6.07) is 0. The summed E-state index contributed by atoms with van der Waals surface area (Å²) in [5.74, 6) is 0. The second-order valence-corrected chi connectivity index (χ2v) is 3.60. The second-order valence-electron chi connectivity index (χ2n) is 1.51. The van der Waals surface area contributed by atoms with E-state index in [0.717, 1.165) is 0 Å². The number of rotatable bonds is 2.